The molecule has 33 heavy (non-hydrogen) atoms. The van der Waals surface area contributed by atoms with Crippen molar-refractivity contribution in [3.63, 3.8) is 0 Å². The normalized spacial score (nSPS) is 10.4. The van der Waals surface area contributed by atoms with E-state index in [9.17, 15) is 0 Å². The average Bonchev–Trinajstić information content (AvgIpc) is 2.83. The van der Waals surface area contributed by atoms with Crippen LogP contribution in [-0.2, 0) is 0 Å². The van der Waals surface area contributed by atoms with Gasteiger partial charge in [0, 0.05) is 12.8 Å². The molecule has 0 amide bonds. The molecule has 0 spiro atoms. The Hall–Kier alpha value is -1.44. The van der Waals surface area contributed by atoms with Gasteiger partial charge in [-0.25, -0.2) is 0 Å². The van der Waals surface area contributed by atoms with Gasteiger partial charge in [0.25, 0.3) is 0 Å². The molecule has 0 aromatic carbocycles. The average molecular weight is 454 g/mol. The topological polar surface area (TPSA) is 3.24 Å². The second kappa shape index (κ2) is 28.6. The summed E-state index contributed by atoms with van der Waals surface area (Å²) in [6, 6.07) is 0. The van der Waals surface area contributed by atoms with Gasteiger partial charge in [0.15, 0.2) is 0 Å². The van der Waals surface area contributed by atoms with Gasteiger partial charge in [-0.1, -0.05) is 108 Å². The van der Waals surface area contributed by atoms with Crippen LogP contribution in [0, 0.1) is 23.7 Å². The smallest absolute Gasteiger partial charge is 0.0609 e. The standard InChI is InChI=1S/C32H55N/c1-4-7-9-11-13-15-17-19-21-23-25-27-29-31-33(6-3)32-30-28-26-24-22-20-18-16-14-12-10-8-5-2/h4-5H,1-2,6-26,31-32H2,3H3. The van der Waals surface area contributed by atoms with Crippen LogP contribution in [0.2, 0.25) is 0 Å². The quantitative estimate of drug-likeness (QED) is 0.0845. The van der Waals surface area contributed by atoms with Crippen LogP contribution in [0.25, 0.3) is 0 Å². The molecule has 0 aliphatic heterocycles. The van der Waals surface area contributed by atoms with E-state index in [0.29, 0.717) is 0 Å². The summed E-state index contributed by atoms with van der Waals surface area (Å²) in [4.78, 5) is 2.35. The first-order valence-corrected chi connectivity index (χ1v) is 14.2. The predicted octanol–water partition coefficient (Wildman–Crippen LogP) is 9.49. The number of hydrogen-bond donors (Lipinski definition) is 0. The molecular weight excluding hydrogens is 398 g/mol. The van der Waals surface area contributed by atoms with E-state index in [1.807, 2.05) is 12.2 Å². The van der Waals surface area contributed by atoms with E-state index in [-0.39, 0.29) is 0 Å². The Morgan fingerprint density at radius 1 is 0.485 bits per heavy atom. The highest BCUT2D eigenvalue weighted by Crippen LogP contribution is 2.11. The molecule has 0 rings (SSSR count). The van der Waals surface area contributed by atoms with Crippen molar-refractivity contribution >= 4 is 0 Å². The molecule has 0 bridgehead atoms. The molecule has 0 radical (unpaired) electrons. The summed E-state index contributed by atoms with van der Waals surface area (Å²) in [5.41, 5.74) is 0. The first kappa shape index (κ1) is 31.6. The van der Waals surface area contributed by atoms with E-state index in [4.69, 9.17) is 0 Å². The van der Waals surface area contributed by atoms with Crippen molar-refractivity contribution in [2.45, 2.75) is 135 Å². The molecule has 1 nitrogen and oxygen atoms in total. The fourth-order valence-corrected chi connectivity index (χ4v) is 3.92. The Labute approximate surface area is 208 Å². The van der Waals surface area contributed by atoms with Gasteiger partial charge in [0.05, 0.1) is 13.1 Å². The maximum atomic E-state index is 3.78. The third kappa shape index (κ3) is 26.7. The SMILES string of the molecule is C=CCCCCCCCCCCC#CCN(CC)CC#CCCCCCCCCCCC=C. The Balaban J connectivity index is 3.51. The van der Waals surface area contributed by atoms with E-state index in [0.717, 1.165) is 32.5 Å². The van der Waals surface area contributed by atoms with Gasteiger partial charge in [-0.3, -0.25) is 4.90 Å². The summed E-state index contributed by atoms with van der Waals surface area (Å²) in [5, 5.41) is 0. The molecule has 0 aliphatic rings. The van der Waals surface area contributed by atoms with Gasteiger partial charge in [0.2, 0.25) is 0 Å². The van der Waals surface area contributed by atoms with Crippen molar-refractivity contribution < 1.29 is 0 Å². The van der Waals surface area contributed by atoms with Crippen LogP contribution in [0.1, 0.15) is 135 Å². The molecule has 0 aromatic rings. The lowest BCUT2D eigenvalue weighted by Gasteiger charge is -2.12. The molecule has 0 saturated heterocycles. The van der Waals surface area contributed by atoms with E-state index < -0.39 is 0 Å². The van der Waals surface area contributed by atoms with Crippen molar-refractivity contribution in [2.24, 2.45) is 0 Å². The minimum atomic E-state index is 0.864. The molecule has 0 aromatic heterocycles. The van der Waals surface area contributed by atoms with Gasteiger partial charge in [-0.2, -0.15) is 0 Å². The maximum Gasteiger partial charge on any atom is 0.0609 e. The summed E-state index contributed by atoms with van der Waals surface area (Å²) in [7, 11) is 0. The van der Waals surface area contributed by atoms with Crippen molar-refractivity contribution in [1.29, 1.82) is 0 Å². The lowest BCUT2D eigenvalue weighted by atomic mass is 10.1. The van der Waals surface area contributed by atoms with Crippen LogP contribution in [0.15, 0.2) is 25.3 Å². The summed E-state index contributed by atoms with van der Waals surface area (Å²) in [6.45, 7) is 12.5. The van der Waals surface area contributed by atoms with E-state index >= 15 is 0 Å². The largest absolute Gasteiger partial charge is 0.281 e. The summed E-state index contributed by atoms with van der Waals surface area (Å²) in [5.74, 6) is 13.5. The van der Waals surface area contributed by atoms with Crippen LogP contribution < -0.4 is 0 Å². The first-order valence-electron chi connectivity index (χ1n) is 14.2. The Morgan fingerprint density at radius 2 is 0.818 bits per heavy atom. The van der Waals surface area contributed by atoms with Crippen molar-refractivity contribution in [3.05, 3.63) is 25.3 Å². The van der Waals surface area contributed by atoms with Gasteiger partial charge < -0.3 is 0 Å². The van der Waals surface area contributed by atoms with Crippen molar-refractivity contribution in [1.82, 2.24) is 4.90 Å². The third-order valence-electron chi connectivity index (χ3n) is 6.22. The van der Waals surface area contributed by atoms with E-state index in [1.54, 1.807) is 0 Å². The molecule has 0 heterocycles. The zero-order chi connectivity index (χ0) is 24.1. The van der Waals surface area contributed by atoms with Gasteiger partial charge in [0.1, 0.15) is 0 Å². The highest BCUT2D eigenvalue weighted by Gasteiger charge is 1.96. The fourth-order valence-electron chi connectivity index (χ4n) is 3.92. The molecule has 0 fully saturated rings. The van der Waals surface area contributed by atoms with Gasteiger partial charge >= 0.3 is 0 Å². The summed E-state index contributed by atoms with van der Waals surface area (Å²) < 4.78 is 0. The van der Waals surface area contributed by atoms with Crippen molar-refractivity contribution in [2.75, 3.05) is 19.6 Å². The molecule has 0 unspecified atom stereocenters. The van der Waals surface area contributed by atoms with Gasteiger partial charge in [-0.05, 0) is 45.1 Å². The van der Waals surface area contributed by atoms with E-state index in [1.165, 1.54) is 116 Å². The van der Waals surface area contributed by atoms with Gasteiger partial charge in [-0.15, -0.1) is 25.0 Å². The zero-order valence-electron chi connectivity index (χ0n) is 22.3. The highest BCUT2D eigenvalue weighted by atomic mass is 15.1. The van der Waals surface area contributed by atoms with Crippen LogP contribution in [-0.4, -0.2) is 24.5 Å². The molecular formula is C32H55N. The second-order valence-electron chi connectivity index (χ2n) is 9.32. The predicted molar refractivity (Wildman–Crippen MR) is 150 cm³/mol. The van der Waals surface area contributed by atoms with Crippen LogP contribution in [0.5, 0.6) is 0 Å². The van der Waals surface area contributed by atoms with E-state index in [2.05, 4.69) is 48.7 Å². The number of unbranched alkanes of at least 4 members (excludes halogenated alkanes) is 18. The first-order chi connectivity index (χ1) is 16.3. The van der Waals surface area contributed by atoms with Crippen LogP contribution in [0.4, 0.5) is 0 Å². The molecule has 0 N–H and O–H groups in total. The Morgan fingerprint density at radius 3 is 1.15 bits per heavy atom. The summed E-state index contributed by atoms with van der Waals surface area (Å²) in [6.07, 6.45) is 30.2. The number of nitrogens with zero attached hydrogens (tertiary/aromatic N) is 1. The molecule has 188 valence electrons. The lowest BCUT2D eigenvalue weighted by molar-refractivity contribution is 0.365. The Bertz CT molecular complexity index is 490. The molecule has 0 atom stereocenters. The fraction of sp³-hybridized carbons (Fsp3) is 0.750. The number of allylic oxidation sites excluding steroid dienone is 2. The maximum absolute atomic E-state index is 3.78. The highest BCUT2D eigenvalue weighted by molar-refractivity contribution is 5.05. The lowest BCUT2D eigenvalue weighted by Crippen LogP contribution is -2.23. The molecule has 0 aliphatic carbocycles. The number of rotatable bonds is 23. The third-order valence-corrected chi connectivity index (χ3v) is 6.22. The second-order valence-corrected chi connectivity index (χ2v) is 9.32. The minimum Gasteiger partial charge on any atom is -0.281 e. The molecule has 0 saturated carbocycles. The zero-order valence-corrected chi connectivity index (χ0v) is 22.3. The van der Waals surface area contributed by atoms with Crippen molar-refractivity contribution in [3.8, 4) is 23.7 Å². The monoisotopic (exact) mass is 453 g/mol. The molecule has 1 heteroatoms. The van der Waals surface area contributed by atoms with Crippen LogP contribution >= 0.6 is 0 Å². The van der Waals surface area contributed by atoms with Crippen LogP contribution in [0.3, 0.4) is 0 Å². The Kier molecular flexibility index (Phi) is 27.3. The summed E-state index contributed by atoms with van der Waals surface area (Å²) >= 11 is 0. The number of hydrogen-bond acceptors (Lipinski definition) is 1. The minimum absolute atomic E-state index is 0.864.